The highest BCUT2D eigenvalue weighted by molar-refractivity contribution is 9.10. The van der Waals surface area contributed by atoms with Gasteiger partial charge in [-0.05, 0) is 55.8 Å². The SMILES string of the molecule is CC(C(=O)O)N(C(=O)OC(C)(C)C)c1ccccc1Br. The van der Waals surface area contributed by atoms with E-state index in [0.717, 1.165) is 4.90 Å². The standard InChI is InChI=1S/C14H18BrNO4/c1-9(12(17)18)16(13(19)20-14(2,3)4)11-8-6-5-7-10(11)15/h5-9H,1-4H3,(H,17,18). The maximum atomic E-state index is 12.3. The summed E-state index contributed by atoms with van der Waals surface area (Å²) in [6.07, 6.45) is -0.695. The normalized spacial score (nSPS) is 12.7. The molecule has 1 N–H and O–H groups in total. The largest absolute Gasteiger partial charge is 0.480 e. The molecule has 1 rings (SSSR count). The fourth-order valence-electron chi connectivity index (χ4n) is 1.53. The number of hydrogen-bond donors (Lipinski definition) is 1. The Morgan fingerprint density at radius 2 is 1.85 bits per heavy atom. The first-order valence-electron chi connectivity index (χ1n) is 6.13. The highest BCUT2D eigenvalue weighted by atomic mass is 79.9. The fourth-order valence-corrected chi connectivity index (χ4v) is 2.01. The fraction of sp³-hybridized carbons (Fsp3) is 0.429. The predicted octanol–water partition coefficient (Wildman–Crippen LogP) is 3.66. The molecule has 110 valence electrons. The van der Waals surface area contributed by atoms with Crippen LogP contribution < -0.4 is 4.90 Å². The van der Waals surface area contributed by atoms with Crippen LogP contribution in [0.25, 0.3) is 0 Å². The van der Waals surface area contributed by atoms with Crippen LogP contribution in [0.1, 0.15) is 27.7 Å². The molecule has 1 aromatic carbocycles. The van der Waals surface area contributed by atoms with Crippen LogP contribution in [0.15, 0.2) is 28.7 Å². The number of nitrogens with zero attached hydrogens (tertiary/aromatic N) is 1. The summed E-state index contributed by atoms with van der Waals surface area (Å²) in [4.78, 5) is 24.6. The number of amides is 1. The summed E-state index contributed by atoms with van der Waals surface area (Å²) in [6, 6.07) is 5.87. The Labute approximate surface area is 126 Å². The Bertz CT molecular complexity index is 510. The first-order chi connectivity index (χ1) is 9.13. The number of carboxylic acid groups (broad SMARTS) is 1. The molecule has 1 amide bonds. The van der Waals surface area contributed by atoms with E-state index in [1.165, 1.54) is 6.92 Å². The molecule has 0 aromatic heterocycles. The molecule has 1 unspecified atom stereocenters. The number of halogens is 1. The topological polar surface area (TPSA) is 66.8 Å². The van der Waals surface area contributed by atoms with Gasteiger partial charge in [-0.2, -0.15) is 0 Å². The number of anilines is 1. The summed E-state index contributed by atoms with van der Waals surface area (Å²) in [6.45, 7) is 6.63. The van der Waals surface area contributed by atoms with Crippen LogP contribution in [0.4, 0.5) is 10.5 Å². The van der Waals surface area contributed by atoms with Gasteiger partial charge in [-0.1, -0.05) is 12.1 Å². The molecule has 1 aromatic rings. The van der Waals surface area contributed by atoms with E-state index in [0.29, 0.717) is 10.2 Å². The van der Waals surface area contributed by atoms with Gasteiger partial charge in [0.2, 0.25) is 0 Å². The van der Waals surface area contributed by atoms with E-state index in [1.54, 1.807) is 45.0 Å². The smallest absolute Gasteiger partial charge is 0.415 e. The second-order valence-electron chi connectivity index (χ2n) is 5.32. The molecule has 0 fully saturated rings. The van der Waals surface area contributed by atoms with E-state index >= 15 is 0 Å². The zero-order chi connectivity index (χ0) is 15.5. The van der Waals surface area contributed by atoms with Crippen molar-refractivity contribution >= 4 is 33.7 Å². The van der Waals surface area contributed by atoms with E-state index < -0.39 is 23.7 Å². The zero-order valence-corrected chi connectivity index (χ0v) is 13.5. The van der Waals surface area contributed by atoms with Crippen molar-refractivity contribution in [3.8, 4) is 0 Å². The molecule has 0 aliphatic rings. The number of hydrogen-bond acceptors (Lipinski definition) is 3. The Morgan fingerprint density at radius 1 is 1.30 bits per heavy atom. The van der Waals surface area contributed by atoms with Crippen molar-refractivity contribution in [2.45, 2.75) is 39.3 Å². The Balaban J connectivity index is 3.20. The monoisotopic (exact) mass is 343 g/mol. The van der Waals surface area contributed by atoms with Crippen molar-refractivity contribution in [1.82, 2.24) is 0 Å². The predicted molar refractivity (Wildman–Crippen MR) is 80.0 cm³/mol. The van der Waals surface area contributed by atoms with Crippen molar-refractivity contribution in [1.29, 1.82) is 0 Å². The third-order valence-electron chi connectivity index (χ3n) is 2.45. The van der Waals surface area contributed by atoms with Gasteiger partial charge < -0.3 is 9.84 Å². The molecule has 0 saturated heterocycles. The van der Waals surface area contributed by atoms with Crippen LogP contribution in [0.3, 0.4) is 0 Å². The van der Waals surface area contributed by atoms with Gasteiger partial charge >= 0.3 is 12.1 Å². The van der Waals surface area contributed by atoms with Gasteiger partial charge in [0.15, 0.2) is 0 Å². The molecule has 0 bridgehead atoms. The Kier molecular flexibility index (Phi) is 5.16. The van der Waals surface area contributed by atoms with Crippen LogP contribution in [0, 0.1) is 0 Å². The first-order valence-corrected chi connectivity index (χ1v) is 6.92. The second kappa shape index (κ2) is 6.26. The van der Waals surface area contributed by atoms with Gasteiger partial charge in [-0.15, -0.1) is 0 Å². The van der Waals surface area contributed by atoms with Crippen LogP contribution in [-0.4, -0.2) is 28.8 Å². The highest BCUT2D eigenvalue weighted by Crippen LogP contribution is 2.29. The van der Waals surface area contributed by atoms with Crippen molar-refractivity contribution in [3.63, 3.8) is 0 Å². The van der Waals surface area contributed by atoms with Crippen LogP contribution in [0.5, 0.6) is 0 Å². The molecule has 20 heavy (non-hydrogen) atoms. The summed E-state index contributed by atoms with van der Waals surface area (Å²) >= 11 is 3.32. The van der Waals surface area contributed by atoms with Gasteiger partial charge in [0.1, 0.15) is 11.6 Å². The summed E-state index contributed by atoms with van der Waals surface area (Å²) in [5, 5.41) is 9.19. The molecular formula is C14H18BrNO4. The van der Waals surface area contributed by atoms with Crippen molar-refractivity contribution in [3.05, 3.63) is 28.7 Å². The number of benzene rings is 1. The summed E-state index contributed by atoms with van der Waals surface area (Å²) < 4.78 is 5.91. The van der Waals surface area contributed by atoms with Gasteiger partial charge in [0.25, 0.3) is 0 Å². The Hall–Kier alpha value is -1.56. The van der Waals surface area contributed by atoms with E-state index in [1.807, 2.05) is 0 Å². The van der Waals surface area contributed by atoms with Crippen LogP contribution in [0.2, 0.25) is 0 Å². The average molecular weight is 344 g/mol. The van der Waals surface area contributed by atoms with Gasteiger partial charge in [0, 0.05) is 4.47 Å². The van der Waals surface area contributed by atoms with Gasteiger partial charge in [-0.25, -0.2) is 9.59 Å². The van der Waals surface area contributed by atoms with E-state index in [2.05, 4.69) is 15.9 Å². The molecule has 0 heterocycles. The summed E-state index contributed by atoms with van der Waals surface area (Å²) in [5.74, 6) is -1.10. The maximum Gasteiger partial charge on any atom is 0.415 e. The molecule has 0 aliphatic carbocycles. The van der Waals surface area contributed by atoms with E-state index in [9.17, 15) is 14.7 Å². The third-order valence-corrected chi connectivity index (χ3v) is 3.12. The molecular weight excluding hydrogens is 326 g/mol. The Morgan fingerprint density at radius 3 is 2.30 bits per heavy atom. The molecule has 6 heteroatoms. The lowest BCUT2D eigenvalue weighted by molar-refractivity contribution is -0.138. The molecule has 0 spiro atoms. The van der Waals surface area contributed by atoms with Crippen LogP contribution >= 0.6 is 15.9 Å². The lowest BCUT2D eigenvalue weighted by atomic mass is 10.2. The number of para-hydroxylation sites is 1. The maximum absolute atomic E-state index is 12.3. The highest BCUT2D eigenvalue weighted by Gasteiger charge is 2.32. The number of carbonyl (C=O) groups is 2. The van der Waals surface area contributed by atoms with Crippen molar-refractivity contribution in [2.75, 3.05) is 4.90 Å². The second-order valence-corrected chi connectivity index (χ2v) is 6.17. The minimum Gasteiger partial charge on any atom is -0.480 e. The molecule has 0 radical (unpaired) electrons. The third kappa shape index (κ3) is 4.23. The number of carbonyl (C=O) groups excluding carboxylic acids is 1. The minimum atomic E-state index is -1.10. The first kappa shape index (κ1) is 16.5. The molecule has 5 nitrogen and oxygen atoms in total. The van der Waals surface area contributed by atoms with Crippen molar-refractivity contribution < 1.29 is 19.4 Å². The van der Waals surface area contributed by atoms with Crippen molar-refractivity contribution in [2.24, 2.45) is 0 Å². The molecule has 0 aliphatic heterocycles. The summed E-state index contributed by atoms with van der Waals surface area (Å²) in [7, 11) is 0. The summed E-state index contributed by atoms with van der Waals surface area (Å²) in [5.41, 5.74) is -0.244. The van der Waals surface area contributed by atoms with E-state index in [4.69, 9.17) is 4.74 Å². The van der Waals surface area contributed by atoms with Crippen LogP contribution in [-0.2, 0) is 9.53 Å². The number of aliphatic carboxylic acids is 1. The number of ether oxygens (including phenoxy) is 1. The van der Waals surface area contributed by atoms with E-state index in [-0.39, 0.29) is 0 Å². The number of carboxylic acids is 1. The quantitative estimate of drug-likeness (QED) is 0.909. The lowest BCUT2D eigenvalue weighted by Gasteiger charge is -2.30. The van der Waals surface area contributed by atoms with Gasteiger partial charge in [0.05, 0.1) is 5.69 Å². The number of rotatable bonds is 3. The minimum absolute atomic E-state index is 0.455. The van der Waals surface area contributed by atoms with Gasteiger partial charge in [-0.3, -0.25) is 4.90 Å². The molecule has 1 atom stereocenters. The average Bonchev–Trinajstić information content (AvgIpc) is 2.29. The lowest BCUT2D eigenvalue weighted by Crippen LogP contribution is -2.46. The zero-order valence-electron chi connectivity index (χ0n) is 11.9. The molecule has 0 saturated carbocycles.